The Morgan fingerprint density at radius 2 is 1.90 bits per heavy atom. The van der Waals surface area contributed by atoms with E-state index in [0.717, 1.165) is 37.7 Å². The molecular formula is C22H31N7. The van der Waals surface area contributed by atoms with Crippen LogP contribution in [0.3, 0.4) is 0 Å². The highest BCUT2D eigenvalue weighted by molar-refractivity contribution is 5.79. The van der Waals surface area contributed by atoms with Crippen LogP contribution in [0, 0.1) is 13.8 Å². The minimum Gasteiger partial charge on any atom is -0.357 e. The van der Waals surface area contributed by atoms with Gasteiger partial charge in [-0.2, -0.15) is 10.2 Å². The number of nitrogens with one attached hydrogen (secondary N) is 2. The fourth-order valence-electron chi connectivity index (χ4n) is 3.43. The molecule has 2 aromatic heterocycles. The number of rotatable bonds is 8. The Labute approximate surface area is 172 Å². The van der Waals surface area contributed by atoms with Crippen LogP contribution in [0.2, 0.25) is 0 Å². The molecule has 7 heteroatoms. The molecule has 0 amide bonds. The summed E-state index contributed by atoms with van der Waals surface area (Å²) in [5, 5.41) is 15.6. The molecule has 0 radical (unpaired) electrons. The van der Waals surface area contributed by atoms with Gasteiger partial charge in [0.1, 0.15) is 0 Å². The Morgan fingerprint density at radius 1 is 1.10 bits per heavy atom. The van der Waals surface area contributed by atoms with Crippen molar-refractivity contribution in [3.63, 3.8) is 0 Å². The van der Waals surface area contributed by atoms with Crippen molar-refractivity contribution < 1.29 is 0 Å². The first kappa shape index (κ1) is 20.6. The van der Waals surface area contributed by atoms with Gasteiger partial charge in [0, 0.05) is 38.2 Å². The van der Waals surface area contributed by atoms with Crippen molar-refractivity contribution in [3.05, 3.63) is 70.8 Å². The zero-order valence-electron chi connectivity index (χ0n) is 17.8. The van der Waals surface area contributed by atoms with E-state index in [1.165, 1.54) is 22.4 Å². The Morgan fingerprint density at radius 3 is 2.55 bits per heavy atom. The van der Waals surface area contributed by atoms with Gasteiger partial charge in [-0.25, -0.2) is 4.99 Å². The second-order valence-corrected chi connectivity index (χ2v) is 7.12. The SMILES string of the molecule is CCNC(=NCc1ccccc1Cn1cccn1)NCCc1c(C)nn(C)c1C. The lowest BCUT2D eigenvalue weighted by atomic mass is 10.1. The lowest BCUT2D eigenvalue weighted by molar-refractivity contribution is 0.680. The topological polar surface area (TPSA) is 72.1 Å². The van der Waals surface area contributed by atoms with Gasteiger partial charge < -0.3 is 10.6 Å². The van der Waals surface area contributed by atoms with Gasteiger partial charge in [-0.1, -0.05) is 24.3 Å². The zero-order chi connectivity index (χ0) is 20.6. The van der Waals surface area contributed by atoms with Gasteiger partial charge in [0.05, 0.1) is 18.8 Å². The number of hydrogen-bond acceptors (Lipinski definition) is 3. The van der Waals surface area contributed by atoms with Gasteiger partial charge >= 0.3 is 0 Å². The summed E-state index contributed by atoms with van der Waals surface area (Å²) < 4.78 is 3.88. The molecule has 0 atom stereocenters. The van der Waals surface area contributed by atoms with Crippen LogP contribution in [0.25, 0.3) is 0 Å². The molecule has 0 spiro atoms. The Bertz CT molecular complexity index is 938. The van der Waals surface area contributed by atoms with E-state index < -0.39 is 0 Å². The van der Waals surface area contributed by atoms with Crippen molar-refractivity contribution in [2.24, 2.45) is 12.0 Å². The quantitative estimate of drug-likeness (QED) is 0.456. The number of guanidine groups is 1. The maximum absolute atomic E-state index is 4.80. The van der Waals surface area contributed by atoms with Gasteiger partial charge in [0.15, 0.2) is 5.96 Å². The minimum absolute atomic E-state index is 0.623. The summed E-state index contributed by atoms with van der Waals surface area (Å²) in [5.41, 5.74) is 6.07. The van der Waals surface area contributed by atoms with Crippen molar-refractivity contribution in [2.75, 3.05) is 13.1 Å². The molecule has 2 N–H and O–H groups in total. The molecule has 7 nitrogen and oxygen atoms in total. The number of nitrogens with zero attached hydrogens (tertiary/aromatic N) is 5. The van der Waals surface area contributed by atoms with Gasteiger partial charge in [-0.15, -0.1) is 0 Å². The van der Waals surface area contributed by atoms with Crippen molar-refractivity contribution in [1.82, 2.24) is 30.2 Å². The third-order valence-corrected chi connectivity index (χ3v) is 5.09. The maximum Gasteiger partial charge on any atom is 0.191 e. The van der Waals surface area contributed by atoms with Crippen LogP contribution in [0.5, 0.6) is 0 Å². The van der Waals surface area contributed by atoms with E-state index in [1.807, 2.05) is 28.7 Å². The third kappa shape index (κ3) is 5.47. The number of aromatic nitrogens is 4. The molecular weight excluding hydrogens is 362 g/mol. The first-order valence-corrected chi connectivity index (χ1v) is 10.1. The van der Waals surface area contributed by atoms with Crippen molar-refractivity contribution in [2.45, 2.75) is 40.3 Å². The minimum atomic E-state index is 0.623. The standard InChI is InChI=1S/C22H31N7/c1-5-23-22(24-13-11-21-17(2)27-28(4)18(21)3)25-15-19-9-6-7-10-20(19)16-29-14-8-12-26-29/h6-10,12,14H,5,11,13,15-16H2,1-4H3,(H2,23,24,25). The molecule has 3 rings (SSSR count). The second kappa shape index (κ2) is 9.91. The molecule has 0 bridgehead atoms. The van der Waals surface area contributed by atoms with Gasteiger partial charge in [-0.05, 0) is 49.9 Å². The van der Waals surface area contributed by atoms with E-state index in [0.29, 0.717) is 6.54 Å². The molecule has 1 aromatic carbocycles. The zero-order valence-corrected chi connectivity index (χ0v) is 17.8. The monoisotopic (exact) mass is 393 g/mol. The third-order valence-electron chi connectivity index (χ3n) is 5.09. The molecule has 0 saturated heterocycles. The summed E-state index contributed by atoms with van der Waals surface area (Å²) in [4.78, 5) is 4.80. The van der Waals surface area contributed by atoms with E-state index in [4.69, 9.17) is 4.99 Å². The van der Waals surface area contributed by atoms with Gasteiger partial charge in [0.25, 0.3) is 0 Å². The van der Waals surface area contributed by atoms with E-state index in [-0.39, 0.29) is 0 Å². The average Bonchev–Trinajstić information content (AvgIpc) is 3.30. The summed E-state index contributed by atoms with van der Waals surface area (Å²) in [7, 11) is 1.99. The number of benzene rings is 1. The molecule has 0 aliphatic rings. The Balaban J connectivity index is 1.63. The fourth-order valence-corrected chi connectivity index (χ4v) is 3.43. The van der Waals surface area contributed by atoms with Gasteiger partial charge in [-0.3, -0.25) is 9.36 Å². The van der Waals surface area contributed by atoms with Crippen LogP contribution >= 0.6 is 0 Å². The predicted molar refractivity (Wildman–Crippen MR) is 117 cm³/mol. The summed E-state index contributed by atoms with van der Waals surface area (Å²) in [5.74, 6) is 0.834. The summed E-state index contributed by atoms with van der Waals surface area (Å²) in [6, 6.07) is 10.3. The number of aliphatic imine (C=N–C) groups is 1. The van der Waals surface area contributed by atoms with Crippen molar-refractivity contribution in [1.29, 1.82) is 0 Å². The summed E-state index contributed by atoms with van der Waals surface area (Å²) >= 11 is 0. The summed E-state index contributed by atoms with van der Waals surface area (Å²) in [6.45, 7) is 9.28. The van der Waals surface area contributed by atoms with E-state index in [2.05, 4.69) is 65.9 Å². The molecule has 29 heavy (non-hydrogen) atoms. The Kier molecular flexibility index (Phi) is 7.05. The number of aryl methyl sites for hydroxylation is 2. The lowest BCUT2D eigenvalue weighted by Gasteiger charge is -2.13. The second-order valence-electron chi connectivity index (χ2n) is 7.12. The van der Waals surface area contributed by atoms with E-state index >= 15 is 0 Å². The van der Waals surface area contributed by atoms with Crippen LogP contribution in [-0.4, -0.2) is 38.6 Å². The maximum atomic E-state index is 4.80. The molecule has 0 fully saturated rings. The van der Waals surface area contributed by atoms with Crippen LogP contribution in [0.1, 0.15) is 35.0 Å². The lowest BCUT2D eigenvalue weighted by Crippen LogP contribution is -2.38. The van der Waals surface area contributed by atoms with Crippen molar-refractivity contribution in [3.8, 4) is 0 Å². The highest BCUT2D eigenvalue weighted by atomic mass is 15.3. The van der Waals surface area contributed by atoms with E-state index in [9.17, 15) is 0 Å². The van der Waals surface area contributed by atoms with Crippen molar-refractivity contribution >= 4 is 5.96 Å². The van der Waals surface area contributed by atoms with Crippen LogP contribution < -0.4 is 10.6 Å². The molecule has 0 saturated carbocycles. The molecule has 0 aliphatic carbocycles. The molecule has 0 unspecified atom stereocenters. The largest absolute Gasteiger partial charge is 0.357 e. The predicted octanol–water partition coefficient (Wildman–Crippen LogP) is 2.58. The van der Waals surface area contributed by atoms with E-state index in [1.54, 1.807) is 6.20 Å². The summed E-state index contributed by atoms with van der Waals surface area (Å²) in [6.07, 6.45) is 4.71. The van der Waals surface area contributed by atoms with Crippen LogP contribution in [-0.2, 0) is 26.6 Å². The molecule has 3 aromatic rings. The molecule has 2 heterocycles. The molecule has 154 valence electrons. The van der Waals surface area contributed by atoms with Crippen LogP contribution in [0.4, 0.5) is 0 Å². The first-order chi connectivity index (χ1) is 14.1. The molecule has 0 aliphatic heterocycles. The smallest absolute Gasteiger partial charge is 0.191 e. The Hall–Kier alpha value is -3.09. The average molecular weight is 394 g/mol. The highest BCUT2D eigenvalue weighted by Gasteiger charge is 2.09. The first-order valence-electron chi connectivity index (χ1n) is 10.1. The highest BCUT2D eigenvalue weighted by Crippen LogP contribution is 2.13. The normalized spacial score (nSPS) is 11.7. The number of hydrogen-bond donors (Lipinski definition) is 2. The van der Waals surface area contributed by atoms with Crippen LogP contribution in [0.15, 0.2) is 47.7 Å². The van der Waals surface area contributed by atoms with Gasteiger partial charge in [0.2, 0.25) is 0 Å². The fraction of sp³-hybridized carbons (Fsp3) is 0.409.